The molecule has 6 heteroatoms. The highest BCUT2D eigenvalue weighted by molar-refractivity contribution is 5.73. The Hall–Kier alpha value is -1.30. The second-order valence-electron chi connectivity index (χ2n) is 6.73. The van der Waals surface area contributed by atoms with Gasteiger partial charge in [0.05, 0.1) is 12.5 Å². The minimum atomic E-state index is -0.837. The van der Waals surface area contributed by atoms with Gasteiger partial charge in [-0.15, -0.1) is 0 Å². The normalized spacial score (nSPS) is 30.6. The Morgan fingerprint density at radius 1 is 1.35 bits per heavy atom. The van der Waals surface area contributed by atoms with Crippen molar-refractivity contribution < 1.29 is 24.2 Å². The summed E-state index contributed by atoms with van der Waals surface area (Å²) in [5.74, 6) is -1.38. The fourth-order valence-corrected chi connectivity index (χ4v) is 3.03. The first kappa shape index (κ1) is 15.1. The lowest BCUT2D eigenvalue weighted by Crippen LogP contribution is -2.46. The summed E-state index contributed by atoms with van der Waals surface area (Å²) in [7, 11) is 0. The van der Waals surface area contributed by atoms with Crippen LogP contribution < -0.4 is 0 Å². The second-order valence-corrected chi connectivity index (χ2v) is 6.73. The van der Waals surface area contributed by atoms with Gasteiger partial charge in [-0.3, -0.25) is 4.79 Å². The lowest BCUT2D eigenvalue weighted by atomic mass is 9.71. The van der Waals surface area contributed by atoms with Crippen LogP contribution in [0.3, 0.4) is 0 Å². The van der Waals surface area contributed by atoms with Crippen molar-refractivity contribution >= 4 is 12.1 Å². The Labute approximate surface area is 119 Å². The van der Waals surface area contributed by atoms with E-state index in [9.17, 15) is 14.7 Å². The number of carbonyl (C=O) groups is 2. The van der Waals surface area contributed by atoms with Gasteiger partial charge in [-0.25, -0.2) is 4.79 Å². The first-order valence-electron chi connectivity index (χ1n) is 7.02. The number of ether oxygens (including phenoxy) is 2. The first-order valence-corrected chi connectivity index (χ1v) is 7.02. The van der Waals surface area contributed by atoms with Crippen LogP contribution in [-0.2, 0) is 14.3 Å². The highest BCUT2D eigenvalue weighted by atomic mass is 16.6. The number of carboxylic acids is 1. The summed E-state index contributed by atoms with van der Waals surface area (Å²) in [6, 6.07) is 0. The van der Waals surface area contributed by atoms with Crippen molar-refractivity contribution in [2.45, 2.75) is 39.2 Å². The molecule has 0 aromatic carbocycles. The standard InChI is InChI=1S/C14H23NO5/c1-13(2,3)20-12(18)15-6-4-14(9-15)5-7-19-8-10(14)11(16)17/h10H,4-9H2,1-3H3,(H,16,17)/t10-,14-/m0/s1. The highest BCUT2D eigenvalue weighted by Crippen LogP contribution is 2.44. The van der Waals surface area contributed by atoms with Crippen molar-refractivity contribution in [2.75, 3.05) is 26.3 Å². The third-order valence-electron chi connectivity index (χ3n) is 4.10. The van der Waals surface area contributed by atoms with Gasteiger partial charge < -0.3 is 19.5 Å². The molecule has 20 heavy (non-hydrogen) atoms. The number of hydrogen-bond acceptors (Lipinski definition) is 4. The molecule has 114 valence electrons. The Morgan fingerprint density at radius 3 is 2.65 bits per heavy atom. The van der Waals surface area contributed by atoms with E-state index in [0.717, 1.165) is 0 Å². The molecule has 1 N–H and O–H groups in total. The molecular weight excluding hydrogens is 262 g/mol. The van der Waals surface area contributed by atoms with Crippen molar-refractivity contribution in [3.8, 4) is 0 Å². The van der Waals surface area contributed by atoms with Crippen LogP contribution in [0.4, 0.5) is 4.79 Å². The first-order chi connectivity index (χ1) is 9.23. The largest absolute Gasteiger partial charge is 0.481 e. The number of aliphatic carboxylic acids is 1. The summed E-state index contributed by atoms with van der Waals surface area (Å²) < 4.78 is 10.7. The lowest BCUT2D eigenvalue weighted by molar-refractivity contribution is -0.155. The molecule has 2 heterocycles. The van der Waals surface area contributed by atoms with Crippen LogP contribution >= 0.6 is 0 Å². The Bertz CT molecular complexity index is 403. The zero-order valence-corrected chi connectivity index (χ0v) is 12.3. The summed E-state index contributed by atoms with van der Waals surface area (Å²) >= 11 is 0. The number of likely N-dealkylation sites (tertiary alicyclic amines) is 1. The zero-order chi connectivity index (χ0) is 15.0. The molecule has 0 unspecified atom stereocenters. The van der Waals surface area contributed by atoms with Crippen molar-refractivity contribution in [3.63, 3.8) is 0 Å². The van der Waals surface area contributed by atoms with E-state index >= 15 is 0 Å². The molecule has 2 fully saturated rings. The second kappa shape index (κ2) is 5.24. The van der Waals surface area contributed by atoms with Crippen LogP contribution in [0.5, 0.6) is 0 Å². The maximum atomic E-state index is 12.1. The van der Waals surface area contributed by atoms with Gasteiger partial charge in [0, 0.05) is 25.1 Å². The van der Waals surface area contributed by atoms with E-state index in [1.54, 1.807) is 4.90 Å². The van der Waals surface area contributed by atoms with Gasteiger partial charge in [0.1, 0.15) is 5.60 Å². The van der Waals surface area contributed by atoms with E-state index in [4.69, 9.17) is 9.47 Å². The molecule has 0 aliphatic carbocycles. The summed E-state index contributed by atoms with van der Waals surface area (Å²) in [5.41, 5.74) is -0.893. The van der Waals surface area contributed by atoms with Crippen molar-refractivity contribution in [2.24, 2.45) is 11.3 Å². The fourth-order valence-electron chi connectivity index (χ4n) is 3.03. The van der Waals surface area contributed by atoms with Crippen molar-refractivity contribution in [1.82, 2.24) is 4.90 Å². The molecule has 2 rings (SSSR count). The van der Waals surface area contributed by atoms with Crippen LogP contribution in [0, 0.1) is 11.3 Å². The van der Waals surface area contributed by atoms with Gasteiger partial charge in [0.15, 0.2) is 0 Å². The average molecular weight is 285 g/mol. The minimum absolute atomic E-state index is 0.234. The number of hydrogen-bond donors (Lipinski definition) is 1. The SMILES string of the molecule is CC(C)(C)OC(=O)N1CC[C@]2(CCOC[C@H]2C(=O)O)C1. The van der Waals surface area contributed by atoms with Gasteiger partial charge in [0.2, 0.25) is 0 Å². The van der Waals surface area contributed by atoms with Gasteiger partial charge in [0.25, 0.3) is 0 Å². The molecule has 1 amide bonds. The van der Waals surface area contributed by atoms with Crippen LogP contribution in [0.25, 0.3) is 0 Å². The molecule has 0 radical (unpaired) electrons. The maximum absolute atomic E-state index is 12.1. The molecular formula is C14H23NO5. The molecule has 2 atom stereocenters. The number of carbonyl (C=O) groups excluding carboxylic acids is 1. The van der Waals surface area contributed by atoms with Crippen molar-refractivity contribution in [3.05, 3.63) is 0 Å². The molecule has 2 aliphatic heterocycles. The van der Waals surface area contributed by atoms with E-state index in [0.29, 0.717) is 32.5 Å². The predicted molar refractivity (Wildman–Crippen MR) is 71.4 cm³/mol. The van der Waals surface area contributed by atoms with E-state index in [1.807, 2.05) is 20.8 Å². The fraction of sp³-hybridized carbons (Fsp3) is 0.857. The van der Waals surface area contributed by atoms with Gasteiger partial charge >= 0.3 is 12.1 Å². The monoisotopic (exact) mass is 285 g/mol. The molecule has 1 spiro atoms. The average Bonchev–Trinajstić information content (AvgIpc) is 2.72. The van der Waals surface area contributed by atoms with Crippen LogP contribution in [0.1, 0.15) is 33.6 Å². The van der Waals surface area contributed by atoms with Gasteiger partial charge in [-0.1, -0.05) is 0 Å². The summed E-state index contributed by atoms with van der Waals surface area (Å²) in [6.07, 6.45) is 1.03. The third-order valence-corrected chi connectivity index (χ3v) is 4.10. The van der Waals surface area contributed by atoms with Crippen molar-refractivity contribution in [1.29, 1.82) is 0 Å². The minimum Gasteiger partial charge on any atom is -0.481 e. The number of nitrogens with zero attached hydrogens (tertiary/aromatic N) is 1. The van der Waals surface area contributed by atoms with Crippen LogP contribution in [0.2, 0.25) is 0 Å². The van der Waals surface area contributed by atoms with E-state index < -0.39 is 17.5 Å². The summed E-state index contributed by atoms with van der Waals surface area (Å²) in [4.78, 5) is 25.1. The molecule has 0 bridgehead atoms. The van der Waals surface area contributed by atoms with E-state index in [2.05, 4.69) is 0 Å². The maximum Gasteiger partial charge on any atom is 0.410 e. The molecule has 0 saturated carbocycles. The quantitative estimate of drug-likeness (QED) is 0.794. The molecule has 0 aromatic heterocycles. The smallest absolute Gasteiger partial charge is 0.410 e. The molecule has 2 aliphatic rings. The zero-order valence-electron chi connectivity index (χ0n) is 12.3. The summed E-state index contributed by atoms with van der Waals surface area (Å²) in [5, 5.41) is 9.36. The molecule has 0 aromatic rings. The number of amides is 1. The predicted octanol–water partition coefficient (Wildman–Crippen LogP) is 1.73. The Kier molecular flexibility index (Phi) is 3.95. The van der Waals surface area contributed by atoms with E-state index in [1.165, 1.54) is 0 Å². The molecule has 6 nitrogen and oxygen atoms in total. The highest BCUT2D eigenvalue weighted by Gasteiger charge is 2.51. The van der Waals surface area contributed by atoms with E-state index in [-0.39, 0.29) is 18.1 Å². The Balaban J connectivity index is 2.06. The Morgan fingerprint density at radius 2 is 2.05 bits per heavy atom. The van der Waals surface area contributed by atoms with Crippen LogP contribution in [0.15, 0.2) is 0 Å². The van der Waals surface area contributed by atoms with Gasteiger partial charge in [-0.05, 0) is 33.6 Å². The topological polar surface area (TPSA) is 76.1 Å². The molecule has 2 saturated heterocycles. The number of carboxylic acid groups (broad SMARTS) is 1. The van der Waals surface area contributed by atoms with Gasteiger partial charge in [-0.2, -0.15) is 0 Å². The number of rotatable bonds is 1. The summed E-state index contributed by atoms with van der Waals surface area (Å²) in [6.45, 7) is 7.27. The lowest BCUT2D eigenvalue weighted by Gasteiger charge is -2.38. The third kappa shape index (κ3) is 3.06. The van der Waals surface area contributed by atoms with Crippen LogP contribution in [-0.4, -0.2) is 54.0 Å².